The number of hydrogen-bond donors (Lipinski definition) is 3. The summed E-state index contributed by atoms with van der Waals surface area (Å²) in [5, 5.41) is 6.91. The highest BCUT2D eigenvalue weighted by molar-refractivity contribution is 7.89. The number of sulfonamides is 1. The average molecular weight is 650 g/mol. The van der Waals surface area contributed by atoms with E-state index in [4.69, 9.17) is 22.1 Å². The van der Waals surface area contributed by atoms with Crippen LogP contribution in [0.5, 0.6) is 0 Å². The number of anilines is 1. The number of nitrogens with one attached hydrogen (secondary N) is 2. The van der Waals surface area contributed by atoms with Crippen molar-refractivity contribution in [3.8, 4) is 0 Å². The van der Waals surface area contributed by atoms with E-state index in [0.717, 1.165) is 12.0 Å². The molecule has 0 saturated carbocycles. The highest BCUT2D eigenvalue weighted by Gasteiger charge is 2.46. The van der Waals surface area contributed by atoms with E-state index in [1.165, 1.54) is 13.2 Å². The summed E-state index contributed by atoms with van der Waals surface area (Å²) in [6, 6.07) is 10.7. The summed E-state index contributed by atoms with van der Waals surface area (Å²) < 4.78 is 47.4. The maximum Gasteiger partial charge on any atom is 0.409 e. The second kappa shape index (κ2) is 13.7. The lowest BCUT2D eigenvalue weighted by atomic mass is 9.67. The number of rotatable bonds is 8. The molecule has 0 aromatic heterocycles. The van der Waals surface area contributed by atoms with Gasteiger partial charge < -0.3 is 26.0 Å². The highest BCUT2D eigenvalue weighted by atomic mass is 35.5. The van der Waals surface area contributed by atoms with Gasteiger partial charge in [-0.3, -0.25) is 4.79 Å². The Morgan fingerprint density at radius 2 is 1.93 bits per heavy atom. The van der Waals surface area contributed by atoms with Crippen molar-refractivity contribution in [2.45, 2.75) is 68.5 Å². The van der Waals surface area contributed by atoms with Gasteiger partial charge in [-0.05, 0) is 74.8 Å². The van der Waals surface area contributed by atoms with E-state index in [9.17, 15) is 18.0 Å². The van der Waals surface area contributed by atoms with Crippen LogP contribution in [0.25, 0.3) is 0 Å². The number of nitrogens with zero attached hydrogens (tertiary/aromatic N) is 2. The first-order chi connectivity index (χ1) is 21.0. The van der Waals surface area contributed by atoms with Crippen molar-refractivity contribution < 1.29 is 27.1 Å². The van der Waals surface area contributed by atoms with Crippen molar-refractivity contribution in [2.75, 3.05) is 44.4 Å². The minimum Gasteiger partial charge on any atom is -0.453 e. The molecule has 5 rings (SSSR count). The third kappa shape index (κ3) is 6.89. The molecule has 1 unspecified atom stereocenters. The summed E-state index contributed by atoms with van der Waals surface area (Å²) in [7, 11) is -1.99. The van der Waals surface area contributed by atoms with Crippen LogP contribution in [0.2, 0.25) is 5.02 Å². The van der Waals surface area contributed by atoms with Crippen molar-refractivity contribution in [1.29, 1.82) is 0 Å². The molecule has 2 aromatic rings. The number of piperazine rings is 1. The normalized spacial score (nSPS) is 25.0. The van der Waals surface area contributed by atoms with Gasteiger partial charge in [-0.1, -0.05) is 29.8 Å². The number of likely N-dealkylation sites (tertiary alicyclic amines) is 1. The van der Waals surface area contributed by atoms with Crippen molar-refractivity contribution in [3.05, 3.63) is 64.4 Å². The monoisotopic (exact) mass is 649 g/mol. The number of hydrogen-bond acceptors (Lipinski definition) is 7. The Kier molecular flexibility index (Phi) is 10.2. The molecule has 44 heavy (non-hydrogen) atoms. The number of carbonyl (C=O) groups is 2. The quantitative estimate of drug-likeness (QED) is 0.398. The van der Waals surface area contributed by atoms with Crippen LogP contribution in [0.1, 0.15) is 49.7 Å². The molecule has 0 radical (unpaired) electrons. The molecule has 2 bridgehead atoms. The SMILES string of the molecule is COC(=O)N1CCC(c2ccc(Cl)cc2)([C@H](N)C(=O)Nc2cccc(F)c2CCC[C@H]2CN[C@@H]3CCCS(=O)(=O)N2C3)CC1. The molecule has 13 heteroatoms. The fraction of sp³-hybridized carbons (Fsp3) is 0.548. The van der Waals surface area contributed by atoms with Gasteiger partial charge in [0.25, 0.3) is 0 Å². The second-order valence-electron chi connectivity index (χ2n) is 12.0. The summed E-state index contributed by atoms with van der Waals surface area (Å²) in [6.45, 7) is 1.74. The van der Waals surface area contributed by atoms with E-state index in [1.54, 1.807) is 33.5 Å². The summed E-state index contributed by atoms with van der Waals surface area (Å²) >= 11 is 6.15. The van der Waals surface area contributed by atoms with Crippen LogP contribution < -0.4 is 16.4 Å². The highest BCUT2D eigenvalue weighted by Crippen LogP contribution is 2.39. The van der Waals surface area contributed by atoms with Crippen LogP contribution in [0.4, 0.5) is 14.9 Å². The third-order valence-electron chi connectivity index (χ3n) is 9.49. The molecule has 4 N–H and O–H groups in total. The van der Waals surface area contributed by atoms with Gasteiger partial charge in [0.1, 0.15) is 5.82 Å². The largest absolute Gasteiger partial charge is 0.453 e. The molecule has 2 aromatic carbocycles. The number of ether oxygens (including phenoxy) is 1. The molecule has 240 valence electrons. The molecule has 10 nitrogen and oxygen atoms in total. The summed E-state index contributed by atoms with van der Waals surface area (Å²) in [6.07, 6.45) is 3.32. The Bertz CT molecular complexity index is 1450. The first kappa shape index (κ1) is 32.6. The van der Waals surface area contributed by atoms with E-state index in [2.05, 4.69) is 10.6 Å². The zero-order valence-electron chi connectivity index (χ0n) is 24.9. The summed E-state index contributed by atoms with van der Waals surface area (Å²) in [5.41, 5.74) is 7.46. The topological polar surface area (TPSA) is 134 Å². The molecular weight excluding hydrogens is 609 g/mol. The van der Waals surface area contributed by atoms with Gasteiger partial charge in [0.2, 0.25) is 15.9 Å². The molecule has 2 amide bonds. The van der Waals surface area contributed by atoms with Crippen LogP contribution in [0.3, 0.4) is 0 Å². The predicted molar refractivity (Wildman–Crippen MR) is 168 cm³/mol. The second-order valence-corrected chi connectivity index (χ2v) is 14.5. The molecule has 3 heterocycles. The predicted octanol–water partition coefficient (Wildman–Crippen LogP) is 3.63. The molecule has 0 spiro atoms. The van der Waals surface area contributed by atoms with Gasteiger partial charge in [0.05, 0.1) is 18.9 Å². The Morgan fingerprint density at radius 3 is 2.64 bits per heavy atom. The Balaban J connectivity index is 1.30. The number of nitrogens with two attached hydrogens (primary N) is 1. The van der Waals surface area contributed by atoms with Crippen LogP contribution in [0.15, 0.2) is 42.5 Å². The first-order valence-corrected chi connectivity index (χ1v) is 17.2. The fourth-order valence-corrected chi connectivity index (χ4v) is 8.86. The van der Waals surface area contributed by atoms with Gasteiger partial charge in [0.15, 0.2) is 0 Å². The molecule has 3 fully saturated rings. The Hall–Kier alpha value is -2.77. The van der Waals surface area contributed by atoms with Gasteiger partial charge >= 0.3 is 6.09 Å². The summed E-state index contributed by atoms with van der Waals surface area (Å²) in [5.74, 6) is -0.750. The lowest BCUT2D eigenvalue weighted by Crippen LogP contribution is -2.58. The maximum absolute atomic E-state index is 15.2. The molecular formula is C31H41ClFN5O5S. The number of benzene rings is 2. The van der Waals surface area contributed by atoms with E-state index in [-0.39, 0.29) is 17.8 Å². The van der Waals surface area contributed by atoms with Crippen molar-refractivity contribution in [2.24, 2.45) is 5.73 Å². The van der Waals surface area contributed by atoms with E-state index < -0.39 is 39.3 Å². The van der Waals surface area contributed by atoms with Crippen molar-refractivity contribution in [1.82, 2.24) is 14.5 Å². The number of methoxy groups -OCH3 is 1. The van der Waals surface area contributed by atoms with E-state index in [0.29, 0.717) is 81.0 Å². The molecule has 3 aliphatic rings. The first-order valence-electron chi connectivity index (χ1n) is 15.2. The third-order valence-corrected chi connectivity index (χ3v) is 11.7. The molecule has 3 aliphatic heterocycles. The summed E-state index contributed by atoms with van der Waals surface area (Å²) in [4.78, 5) is 27.5. The number of amides is 2. The fourth-order valence-electron chi connectivity index (χ4n) is 6.93. The minimum absolute atomic E-state index is 0.156. The minimum atomic E-state index is -3.32. The van der Waals surface area contributed by atoms with Gasteiger partial charge in [0, 0.05) is 60.0 Å². The zero-order valence-corrected chi connectivity index (χ0v) is 26.5. The van der Waals surface area contributed by atoms with Gasteiger partial charge in [-0.15, -0.1) is 0 Å². The Labute approximate surface area is 263 Å². The maximum atomic E-state index is 15.2. The lowest BCUT2D eigenvalue weighted by Gasteiger charge is -2.44. The van der Waals surface area contributed by atoms with Crippen molar-refractivity contribution in [3.63, 3.8) is 0 Å². The molecule has 4 atom stereocenters. The number of halogens is 2. The zero-order chi connectivity index (χ0) is 31.5. The van der Waals surface area contributed by atoms with E-state index in [1.807, 2.05) is 12.1 Å². The van der Waals surface area contributed by atoms with Crippen LogP contribution in [-0.2, 0) is 31.4 Å². The van der Waals surface area contributed by atoms with Gasteiger partial charge in [-0.25, -0.2) is 17.6 Å². The van der Waals surface area contributed by atoms with Gasteiger partial charge in [-0.2, -0.15) is 4.31 Å². The van der Waals surface area contributed by atoms with Crippen molar-refractivity contribution >= 4 is 39.3 Å². The molecule has 0 aliphatic carbocycles. The smallest absolute Gasteiger partial charge is 0.409 e. The number of piperidine rings is 1. The average Bonchev–Trinajstić information content (AvgIpc) is 3.13. The van der Waals surface area contributed by atoms with Crippen LogP contribution in [-0.4, -0.2) is 86.8 Å². The van der Waals surface area contributed by atoms with Crippen LogP contribution in [0, 0.1) is 5.82 Å². The number of carbonyl (C=O) groups excluding carboxylic acids is 2. The lowest BCUT2D eigenvalue weighted by molar-refractivity contribution is -0.119. The standard InChI is InChI=1S/C31H41ClFN5O5S/c1-43-30(40)37-16-14-31(15-17-37,21-10-12-22(32)13-11-21)28(34)29(39)36-27-9-3-8-26(33)25(27)7-2-6-24-19-35-23-5-4-18-44(41,42)38(24)20-23/h3,8-13,23-24,28,35H,2,4-7,14-20,34H2,1H3,(H,36,39)/t23-,24+,28-/m1/s1. The Morgan fingerprint density at radius 1 is 1.20 bits per heavy atom. The number of fused-ring (bicyclic) bond motifs is 2. The molecule has 3 saturated heterocycles. The van der Waals surface area contributed by atoms with Crippen LogP contribution >= 0.6 is 11.6 Å². The van der Waals surface area contributed by atoms with E-state index >= 15 is 4.39 Å².